The summed E-state index contributed by atoms with van der Waals surface area (Å²) in [6.07, 6.45) is 2.69. The van der Waals surface area contributed by atoms with E-state index < -0.39 is 0 Å². The van der Waals surface area contributed by atoms with E-state index in [0.717, 1.165) is 22.9 Å². The van der Waals surface area contributed by atoms with Gasteiger partial charge < -0.3 is 14.2 Å². The predicted octanol–water partition coefficient (Wildman–Crippen LogP) is 2.13. The molecule has 19 heavy (non-hydrogen) atoms. The Hall–Kier alpha value is -2.14. The number of nitrogens with zero attached hydrogens (tertiary/aromatic N) is 3. The molecule has 98 valence electrons. The number of aliphatic hydroxyl groups excluding tert-OH is 1. The average Bonchev–Trinajstić information content (AvgIpc) is 3.04. The van der Waals surface area contributed by atoms with E-state index in [-0.39, 0.29) is 6.61 Å². The highest BCUT2D eigenvalue weighted by Gasteiger charge is 2.10. The van der Waals surface area contributed by atoms with Crippen molar-refractivity contribution < 1.29 is 9.63 Å². The van der Waals surface area contributed by atoms with Gasteiger partial charge in [-0.25, -0.2) is 0 Å². The lowest BCUT2D eigenvalue weighted by Crippen LogP contribution is -1.98. The number of rotatable bonds is 4. The van der Waals surface area contributed by atoms with E-state index in [9.17, 15) is 5.11 Å². The smallest absolute Gasteiger partial charge is 0.246 e. The molecule has 0 aliphatic heterocycles. The Bertz CT molecular complexity index is 700. The minimum absolute atomic E-state index is 0.0254. The van der Waals surface area contributed by atoms with Crippen LogP contribution >= 0.6 is 0 Å². The molecule has 0 radical (unpaired) electrons. The first-order valence-electron chi connectivity index (χ1n) is 6.31. The Morgan fingerprint density at radius 1 is 1.32 bits per heavy atom. The monoisotopic (exact) mass is 257 g/mol. The molecule has 0 aliphatic carbocycles. The summed E-state index contributed by atoms with van der Waals surface area (Å²) in [5, 5.41) is 14.3. The number of para-hydroxylation sites is 1. The Morgan fingerprint density at radius 3 is 2.89 bits per heavy atom. The van der Waals surface area contributed by atoms with Gasteiger partial charge in [0.1, 0.15) is 6.54 Å². The largest absolute Gasteiger partial charge is 0.392 e. The quantitative estimate of drug-likeness (QED) is 0.777. The molecule has 0 amide bonds. The number of aromatic nitrogens is 3. The third kappa shape index (κ3) is 2.13. The molecule has 0 bridgehead atoms. The minimum Gasteiger partial charge on any atom is -0.392 e. The number of aryl methyl sites for hydroxylation is 1. The van der Waals surface area contributed by atoms with Crippen molar-refractivity contribution in [1.82, 2.24) is 14.7 Å². The van der Waals surface area contributed by atoms with Crippen LogP contribution in [0.1, 0.15) is 24.2 Å². The summed E-state index contributed by atoms with van der Waals surface area (Å²) in [6.45, 7) is 2.54. The predicted molar refractivity (Wildman–Crippen MR) is 70.6 cm³/mol. The first-order chi connectivity index (χ1) is 9.31. The van der Waals surface area contributed by atoms with Gasteiger partial charge in [0.05, 0.1) is 6.61 Å². The Kier molecular flexibility index (Phi) is 3.05. The number of hydrogen-bond acceptors (Lipinski definition) is 4. The van der Waals surface area contributed by atoms with Crippen LogP contribution in [-0.2, 0) is 19.6 Å². The fourth-order valence-corrected chi connectivity index (χ4v) is 2.22. The van der Waals surface area contributed by atoms with Gasteiger partial charge in [0.15, 0.2) is 5.82 Å². The summed E-state index contributed by atoms with van der Waals surface area (Å²) < 4.78 is 7.23. The molecular weight excluding hydrogens is 242 g/mol. The van der Waals surface area contributed by atoms with Gasteiger partial charge in [0, 0.05) is 29.1 Å². The molecule has 3 aromatic rings. The standard InChI is InChI=1S/C14H15N3O2/c1-2-13-15-14(19-16-13)8-17-7-10(9-18)11-5-3-4-6-12(11)17/h3-7,18H,2,8-9H2,1H3. The molecule has 0 saturated heterocycles. The van der Waals surface area contributed by atoms with Crippen molar-refractivity contribution in [2.24, 2.45) is 0 Å². The molecule has 0 atom stereocenters. The second kappa shape index (κ2) is 4.85. The second-order valence-corrected chi connectivity index (χ2v) is 4.42. The topological polar surface area (TPSA) is 64.1 Å². The van der Waals surface area contributed by atoms with Crippen molar-refractivity contribution in [3.8, 4) is 0 Å². The van der Waals surface area contributed by atoms with E-state index in [1.54, 1.807) is 0 Å². The highest BCUT2D eigenvalue weighted by atomic mass is 16.5. The van der Waals surface area contributed by atoms with Crippen LogP contribution in [0.5, 0.6) is 0 Å². The second-order valence-electron chi connectivity index (χ2n) is 4.42. The van der Waals surface area contributed by atoms with Gasteiger partial charge in [-0.3, -0.25) is 0 Å². The van der Waals surface area contributed by atoms with E-state index in [4.69, 9.17) is 4.52 Å². The summed E-state index contributed by atoms with van der Waals surface area (Å²) in [7, 11) is 0. The van der Waals surface area contributed by atoms with Crippen LogP contribution in [0, 0.1) is 0 Å². The first-order valence-corrected chi connectivity index (χ1v) is 6.31. The molecule has 0 spiro atoms. The van der Waals surface area contributed by atoms with E-state index in [1.807, 2.05) is 42.0 Å². The molecule has 3 rings (SSSR count). The highest BCUT2D eigenvalue weighted by Crippen LogP contribution is 2.22. The number of benzene rings is 1. The summed E-state index contributed by atoms with van der Waals surface area (Å²) in [5.41, 5.74) is 1.97. The molecular formula is C14H15N3O2. The van der Waals surface area contributed by atoms with Crippen molar-refractivity contribution in [3.63, 3.8) is 0 Å². The lowest BCUT2D eigenvalue weighted by molar-refractivity contribution is 0.283. The molecule has 0 saturated carbocycles. The van der Waals surface area contributed by atoms with Crippen LogP contribution in [0.4, 0.5) is 0 Å². The van der Waals surface area contributed by atoms with E-state index in [1.165, 1.54) is 0 Å². The zero-order chi connectivity index (χ0) is 13.2. The van der Waals surface area contributed by atoms with Crippen LogP contribution in [0.3, 0.4) is 0 Å². The summed E-state index contributed by atoms with van der Waals surface area (Å²) in [4.78, 5) is 4.30. The van der Waals surface area contributed by atoms with E-state index in [0.29, 0.717) is 18.3 Å². The molecule has 2 heterocycles. The fraction of sp³-hybridized carbons (Fsp3) is 0.286. The molecule has 0 aliphatic rings. The van der Waals surface area contributed by atoms with Gasteiger partial charge in [0.25, 0.3) is 0 Å². The maximum atomic E-state index is 9.39. The molecule has 5 nitrogen and oxygen atoms in total. The number of fused-ring (bicyclic) bond motifs is 1. The van der Waals surface area contributed by atoms with Crippen molar-refractivity contribution in [3.05, 3.63) is 47.7 Å². The molecule has 1 aromatic carbocycles. The third-order valence-corrected chi connectivity index (χ3v) is 3.17. The van der Waals surface area contributed by atoms with Crippen LogP contribution < -0.4 is 0 Å². The Labute approximate surface area is 110 Å². The molecule has 1 N–H and O–H groups in total. The van der Waals surface area contributed by atoms with Gasteiger partial charge in [-0.05, 0) is 6.07 Å². The van der Waals surface area contributed by atoms with E-state index in [2.05, 4.69) is 10.1 Å². The fourth-order valence-electron chi connectivity index (χ4n) is 2.22. The van der Waals surface area contributed by atoms with Crippen LogP contribution in [0.2, 0.25) is 0 Å². The highest BCUT2D eigenvalue weighted by molar-refractivity contribution is 5.83. The summed E-state index contributed by atoms with van der Waals surface area (Å²) >= 11 is 0. The van der Waals surface area contributed by atoms with Crippen LogP contribution in [0.25, 0.3) is 10.9 Å². The normalized spacial score (nSPS) is 11.3. The van der Waals surface area contributed by atoms with Crippen LogP contribution in [-0.4, -0.2) is 19.8 Å². The maximum Gasteiger partial charge on any atom is 0.246 e. The van der Waals surface area contributed by atoms with Crippen molar-refractivity contribution in [1.29, 1.82) is 0 Å². The van der Waals surface area contributed by atoms with E-state index >= 15 is 0 Å². The van der Waals surface area contributed by atoms with Gasteiger partial charge in [-0.2, -0.15) is 4.98 Å². The molecule has 5 heteroatoms. The van der Waals surface area contributed by atoms with Gasteiger partial charge in [-0.1, -0.05) is 30.3 Å². The maximum absolute atomic E-state index is 9.39. The van der Waals surface area contributed by atoms with Crippen LogP contribution in [0.15, 0.2) is 35.0 Å². The summed E-state index contributed by atoms with van der Waals surface area (Å²) in [6, 6.07) is 7.97. The Balaban J connectivity index is 2.00. The van der Waals surface area contributed by atoms with Crippen molar-refractivity contribution >= 4 is 10.9 Å². The minimum atomic E-state index is 0.0254. The van der Waals surface area contributed by atoms with Gasteiger partial charge in [-0.15, -0.1) is 0 Å². The SMILES string of the molecule is CCc1noc(Cn2cc(CO)c3ccccc32)n1. The third-order valence-electron chi connectivity index (χ3n) is 3.17. The molecule has 0 fully saturated rings. The van der Waals surface area contributed by atoms with Gasteiger partial charge in [0.2, 0.25) is 5.89 Å². The molecule has 0 unspecified atom stereocenters. The average molecular weight is 257 g/mol. The van der Waals surface area contributed by atoms with Gasteiger partial charge >= 0.3 is 0 Å². The zero-order valence-corrected chi connectivity index (χ0v) is 10.7. The first kappa shape index (κ1) is 11.9. The zero-order valence-electron chi connectivity index (χ0n) is 10.7. The lowest BCUT2D eigenvalue weighted by atomic mass is 10.2. The van der Waals surface area contributed by atoms with Crippen molar-refractivity contribution in [2.45, 2.75) is 26.5 Å². The summed E-state index contributed by atoms with van der Waals surface area (Å²) in [5.74, 6) is 1.30. The number of aliphatic hydroxyl groups is 1. The Morgan fingerprint density at radius 2 is 2.16 bits per heavy atom. The molecule has 2 aromatic heterocycles. The van der Waals surface area contributed by atoms with Crippen molar-refractivity contribution in [2.75, 3.05) is 0 Å². The number of hydrogen-bond donors (Lipinski definition) is 1. The lowest BCUT2D eigenvalue weighted by Gasteiger charge is -2.00.